The van der Waals surface area contributed by atoms with E-state index in [1.807, 2.05) is 0 Å². The van der Waals surface area contributed by atoms with Crippen molar-refractivity contribution in [3.05, 3.63) is 35.4 Å². The Balaban J connectivity index is 2.47. The van der Waals surface area contributed by atoms with Gasteiger partial charge in [-0.15, -0.1) is 0 Å². The maximum absolute atomic E-state index is 12.3. The molecule has 0 heterocycles. The van der Waals surface area contributed by atoms with Gasteiger partial charge in [-0.1, -0.05) is 12.1 Å². The van der Waals surface area contributed by atoms with Gasteiger partial charge in [0.2, 0.25) is 0 Å². The molecule has 3 nitrogen and oxygen atoms in total. The van der Waals surface area contributed by atoms with Gasteiger partial charge in [0, 0.05) is 6.54 Å². The molecule has 0 aliphatic heterocycles. The van der Waals surface area contributed by atoms with Crippen molar-refractivity contribution >= 4 is 0 Å². The van der Waals surface area contributed by atoms with E-state index < -0.39 is 23.9 Å². The summed E-state index contributed by atoms with van der Waals surface area (Å²) in [7, 11) is 0. The molecule has 0 saturated carbocycles. The summed E-state index contributed by atoms with van der Waals surface area (Å²) >= 11 is 0. The number of aliphatic hydroxyl groups excluding tert-OH is 2. The van der Waals surface area contributed by atoms with E-state index in [0.29, 0.717) is 18.5 Å². The molecule has 0 radical (unpaired) electrons. The average Bonchev–Trinajstić information content (AvgIpc) is 2.33. The Morgan fingerprint density at radius 3 is 2.21 bits per heavy atom. The number of aliphatic hydroxyl groups is 2. The van der Waals surface area contributed by atoms with Gasteiger partial charge in [0.1, 0.15) is 0 Å². The van der Waals surface area contributed by atoms with Crippen LogP contribution in [0.2, 0.25) is 0 Å². The molecule has 0 aromatic heterocycles. The van der Waals surface area contributed by atoms with Crippen molar-refractivity contribution in [1.29, 1.82) is 0 Å². The molecule has 0 aliphatic carbocycles. The highest BCUT2D eigenvalue weighted by atomic mass is 19.4. The van der Waals surface area contributed by atoms with Gasteiger partial charge in [0.15, 0.2) is 0 Å². The molecule has 19 heavy (non-hydrogen) atoms. The fourth-order valence-corrected chi connectivity index (χ4v) is 1.56. The standard InChI is InChI=1S/C13H18F3NO2/c1-9(18)6-7-17-8-12(19)10-2-4-11(5-3-10)13(14,15)16/h2-5,9,12,17-19H,6-8H2,1H3. The monoisotopic (exact) mass is 277 g/mol. The molecule has 1 aromatic carbocycles. The van der Waals surface area contributed by atoms with Crippen molar-refractivity contribution in [3.63, 3.8) is 0 Å². The van der Waals surface area contributed by atoms with Crippen molar-refractivity contribution in [2.45, 2.75) is 31.7 Å². The van der Waals surface area contributed by atoms with Gasteiger partial charge in [-0.25, -0.2) is 0 Å². The molecule has 2 unspecified atom stereocenters. The molecule has 1 rings (SSSR count). The second-order valence-electron chi connectivity index (χ2n) is 4.48. The fourth-order valence-electron chi connectivity index (χ4n) is 1.56. The predicted molar refractivity (Wildman–Crippen MR) is 65.6 cm³/mol. The minimum Gasteiger partial charge on any atom is -0.393 e. The van der Waals surface area contributed by atoms with Crippen LogP contribution in [0.3, 0.4) is 0 Å². The highest BCUT2D eigenvalue weighted by Crippen LogP contribution is 2.29. The van der Waals surface area contributed by atoms with Crippen LogP contribution in [0.15, 0.2) is 24.3 Å². The SMILES string of the molecule is CC(O)CCNCC(O)c1ccc(C(F)(F)F)cc1. The van der Waals surface area contributed by atoms with Gasteiger partial charge in [0.05, 0.1) is 17.8 Å². The molecule has 0 fully saturated rings. The average molecular weight is 277 g/mol. The molecule has 0 bridgehead atoms. The highest BCUT2D eigenvalue weighted by molar-refractivity contribution is 5.26. The van der Waals surface area contributed by atoms with Crippen LogP contribution in [0, 0.1) is 0 Å². The van der Waals surface area contributed by atoms with E-state index in [2.05, 4.69) is 5.32 Å². The third-order valence-electron chi connectivity index (χ3n) is 2.70. The first kappa shape index (κ1) is 15.9. The van der Waals surface area contributed by atoms with Crippen LogP contribution >= 0.6 is 0 Å². The zero-order valence-corrected chi connectivity index (χ0v) is 10.6. The quantitative estimate of drug-likeness (QED) is 0.698. The van der Waals surface area contributed by atoms with Crippen LogP contribution < -0.4 is 5.32 Å². The topological polar surface area (TPSA) is 52.5 Å². The number of rotatable bonds is 6. The largest absolute Gasteiger partial charge is 0.416 e. The number of hydrogen-bond acceptors (Lipinski definition) is 3. The smallest absolute Gasteiger partial charge is 0.393 e. The number of nitrogens with one attached hydrogen (secondary N) is 1. The molecule has 0 saturated heterocycles. The Morgan fingerprint density at radius 1 is 1.16 bits per heavy atom. The van der Waals surface area contributed by atoms with E-state index in [0.717, 1.165) is 12.1 Å². The zero-order chi connectivity index (χ0) is 14.5. The van der Waals surface area contributed by atoms with Crippen LogP contribution in [0.1, 0.15) is 30.6 Å². The third kappa shape index (κ3) is 5.59. The Kier molecular flexibility index (Phi) is 5.78. The molecular weight excluding hydrogens is 259 g/mol. The van der Waals surface area contributed by atoms with Crippen LogP contribution in [0.25, 0.3) is 0 Å². The van der Waals surface area contributed by atoms with Crippen LogP contribution in [0.4, 0.5) is 13.2 Å². The molecule has 3 N–H and O–H groups in total. The normalized spacial score (nSPS) is 15.3. The lowest BCUT2D eigenvalue weighted by molar-refractivity contribution is -0.137. The van der Waals surface area contributed by atoms with Crippen LogP contribution in [-0.2, 0) is 6.18 Å². The van der Waals surface area contributed by atoms with Gasteiger partial charge >= 0.3 is 6.18 Å². The summed E-state index contributed by atoms with van der Waals surface area (Å²) < 4.78 is 37.0. The van der Waals surface area contributed by atoms with Crippen molar-refractivity contribution < 1.29 is 23.4 Å². The van der Waals surface area contributed by atoms with E-state index in [-0.39, 0.29) is 6.54 Å². The van der Waals surface area contributed by atoms with Crippen molar-refractivity contribution in [2.24, 2.45) is 0 Å². The Bertz CT molecular complexity index is 376. The van der Waals surface area contributed by atoms with E-state index in [1.54, 1.807) is 6.92 Å². The van der Waals surface area contributed by atoms with Crippen LogP contribution in [0.5, 0.6) is 0 Å². The van der Waals surface area contributed by atoms with Gasteiger partial charge < -0.3 is 15.5 Å². The Labute approximate surface area is 110 Å². The number of hydrogen-bond donors (Lipinski definition) is 3. The summed E-state index contributed by atoms with van der Waals surface area (Å²) in [4.78, 5) is 0. The maximum Gasteiger partial charge on any atom is 0.416 e. The second-order valence-corrected chi connectivity index (χ2v) is 4.48. The lowest BCUT2D eigenvalue weighted by atomic mass is 10.1. The summed E-state index contributed by atoms with van der Waals surface area (Å²) in [5.41, 5.74) is -0.303. The van der Waals surface area contributed by atoms with Crippen molar-refractivity contribution in [2.75, 3.05) is 13.1 Å². The predicted octanol–water partition coefficient (Wildman–Crippen LogP) is 2.10. The molecule has 108 valence electrons. The molecule has 1 aromatic rings. The first-order valence-electron chi connectivity index (χ1n) is 6.04. The Morgan fingerprint density at radius 2 is 1.74 bits per heavy atom. The summed E-state index contributed by atoms with van der Waals surface area (Å²) in [6, 6.07) is 4.44. The van der Waals surface area contributed by atoms with E-state index in [1.165, 1.54) is 12.1 Å². The van der Waals surface area contributed by atoms with Crippen LogP contribution in [-0.4, -0.2) is 29.4 Å². The van der Waals surface area contributed by atoms with Gasteiger partial charge in [-0.05, 0) is 37.6 Å². The minimum absolute atomic E-state index is 0.234. The zero-order valence-electron chi connectivity index (χ0n) is 10.6. The van der Waals surface area contributed by atoms with Gasteiger partial charge in [-0.3, -0.25) is 0 Å². The van der Waals surface area contributed by atoms with E-state index in [4.69, 9.17) is 5.11 Å². The minimum atomic E-state index is -4.36. The number of benzene rings is 1. The highest BCUT2D eigenvalue weighted by Gasteiger charge is 2.30. The number of alkyl halides is 3. The molecule has 6 heteroatoms. The number of halogens is 3. The first-order chi connectivity index (χ1) is 8.80. The Hall–Kier alpha value is -1.11. The summed E-state index contributed by atoms with van der Waals surface area (Å²) in [5, 5.41) is 21.7. The summed E-state index contributed by atoms with van der Waals surface area (Å²) in [6.07, 6.45) is -5.09. The summed E-state index contributed by atoms with van der Waals surface area (Å²) in [6.45, 7) is 2.43. The van der Waals surface area contributed by atoms with E-state index >= 15 is 0 Å². The molecular formula is C13H18F3NO2. The lowest BCUT2D eigenvalue weighted by Gasteiger charge is -2.14. The van der Waals surface area contributed by atoms with E-state index in [9.17, 15) is 18.3 Å². The maximum atomic E-state index is 12.3. The van der Waals surface area contributed by atoms with Gasteiger partial charge in [0.25, 0.3) is 0 Å². The molecule has 0 spiro atoms. The molecule has 0 amide bonds. The van der Waals surface area contributed by atoms with Crippen molar-refractivity contribution in [1.82, 2.24) is 5.32 Å². The van der Waals surface area contributed by atoms with Crippen molar-refractivity contribution in [3.8, 4) is 0 Å². The molecule has 2 atom stereocenters. The fraction of sp³-hybridized carbons (Fsp3) is 0.538. The molecule has 0 aliphatic rings. The lowest BCUT2D eigenvalue weighted by Crippen LogP contribution is -2.24. The summed E-state index contributed by atoms with van der Waals surface area (Å²) in [5.74, 6) is 0. The third-order valence-corrected chi connectivity index (χ3v) is 2.70. The first-order valence-corrected chi connectivity index (χ1v) is 6.04. The van der Waals surface area contributed by atoms with Gasteiger partial charge in [-0.2, -0.15) is 13.2 Å². The second kappa shape index (κ2) is 6.88.